The summed E-state index contributed by atoms with van der Waals surface area (Å²) in [6.07, 6.45) is 7.23. The van der Waals surface area contributed by atoms with Crippen LogP contribution in [0.25, 0.3) is 0 Å². The van der Waals surface area contributed by atoms with Crippen molar-refractivity contribution in [1.29, 1.82) is 0 Å². The minimum Gasteiger partial charge on any atom is -0.465 e. The molecule has 0 aliphatic heterocycles. The molecule has 0 radical (unpaired) electrons. The fraction of sp³-hybridized carbons (Fsp3) is 0.356. The first kappa shape index (κ1) is 49.9. The van der Waals surface area contributed by atoms with Gasteiger partial charge in [-0.1, -0.05) is 128 Å². The van der Waals surface area contributed by atoms with Gasteiger partial charge in [0.1, 0.15) is 0 Å². The van der Waals surface area contributed by atoms with Gasteiger partial charge >= 0.3 is 11.9 Å². The largest absolute Gasteiger partial charge is 0.465 e. The molecule has 6 heteroatoms. The Hall–Kier alpha value is -6.14. The van der Waals surface area contributed by atoms with Gasteiger partial charge in [-0.3, -0.25) is 9.59 Å². The quantitative estimate of drug-likeness (QED) is 0.0563. The van der Waals surface area contributed by atoms with Gasteiger partial charge in [-0.15, -0.1) is 0 Å². The van der Waals surface area contributed by atoms with Crippen LogP contribution in [-0.4, -0.2) is 25.2 Å². The molecular weight excluding hydrogens is 801 g/mol. The Morgan fingerprint density at radius 2 is 0.862 bits per heavy atom. The van der Waals surface area contributed by atoms with E-state index in [1.165, 1.54) is 39.1 Å². The molecule has 0 aromatic heterocycles. The second-order valence-corrected chi connectivity index (χ2v) is 18.0. The maximum Gasteiger partial charge on any atom is 0.311 e. The molecule has 6 aromatic rings. The number of unbranched alkanes of at least 4 members (excludes halogenated alkanes) is 2. The van der Waals surface area contributed by atoms with Gasteiger partial charge in [0.2, 0.25) is 0 Å². The molecule has 0 aliphatic carbocycles. The minimum absolute atomic E-state index is 0.00796. The van der Waals surface area contributed by atoms with E-state index in [1.807, 2.05) is 34.6 Å². The molecule has 0 fully saturated rings. The fourth-order valence-corrected chi connectivity index (χ4v) is 7.35. The van der Waals surface area contributed by atoms with Crippen LogP contribution in [0.5, 0.6) is 0 Å². The number of benzene rings is 6. The molecule has 65 heavy (non-hydrogen) atoms. The lowest BCUT2D eigenvalue weighted by molar-refractivity contribution is -0.154. The van der Waals surface area contributed by atoms with Crippen molar-refractivity contribution in [3.8, 4) is 0 Å². The summed E-state index contributed by atoms with van der Waals surface area (Å²) in [5.41, 5.74) is 14.1. The van der Waals surface area contributed by atoms with E-state index in [1.54, 1.807) is 0 Å². The van der Waals surface area contributed by atoms with Gasteiger partial charge in [-0.2, -0.15) is 0 Å². The average molecular weight is 873 g/mol. The number of aryl methyl sites for hydroxylation is 6. The zero-order valence-electron chi connectivity index (χ0n) is 40.5. The third-order valence-corrected chi connectivity index (χ3v) is 12.2. The van der Waals surface area contributed by atoms with Crippen LogP contribution in [0.2, 0.25) is 0 Å². The number of anilines is 6. The smallest absolute Gasteiger partial charge is 0.311 e. The Morgan fingerprint density at radius 3 is 1.25 bits per heavy atom. The molecule has 0 bridgehead atoms. The lowest BCUT2D eigenvalue weighted by Gasteiger charge is -2.28. The molecular formula is C59H72N2O4. The van der Waals surface area contributed by atoms with Crippen molar-refractivity contribution in [2.24, 2.45) is 11.3 Å². The van der Waals surface area contributed by atoms with Crippen LogP contribution in [0, 0.1) is 39.0 Å². The average Bonchev–Trinajstić information content (AvgIpc) is 3.32. The molecule has 1 atom stereocenters. The predicted octanol–water partition coefficient (Wildman–Crippen LogP) is 15.8. The molecule has 0 saturated heterocycles. The number of carbonyl (C=O) groups is 2. The summed E-state index contributed by atoms with van der Waals surface area (Å²) >= 11 is 0. The van der Waals surface area contributed by atoms with E-state index < -0.39 is 5.41 Å². The summed E-state index contributed by atoms with van der Waals surface area (Å²) in [6, 6.07) is 51.9. The molecule has 6 aromatic carbocycles. The normalized spacial score (nSPS) is 11.5. The number of hydrogen-bond acceptors (Lipinski definition) is 6. The minimum atomic E-state index is -0.425. The third kappa shape index (κ3) is 14.7. The summed E-state index contributed by atoms with van der Waals surface area (Å²) in [7, 11) is 0. The predicted molar refractivity (Wildman–Crippen MR) is 273 cm³/mol. The van der Waals surface area contributed by atoms with Crippen LogP contribution < -0.4 is 9.80 Å². The lowest BCUT2D eigenvalue weighted by Crippen LogP contribution is -2.26. The van der Waals surface area contributed by atoms with Crippen LogP contribution in [0.15, 0.2) is 146 Å². The molecule has 6 rings (SSSR count). The molecule has 0 N–H and O–H groups in total. The Labute approximate surface area is 390 Å². The van der Waals surface area contributed by atoms with Crippen molar-refractivity contribution in [3.63, 3.8) is 0 Å². The highest BCUT2D eigenvalue weighted by atomic mass is 16.5. The number of ether oxygens (including phenoxy) is 2. The highest BCUT2D eigenvalue weighted by Crippen LogP contribution is 2.39. The standard InChI is InChI=1S/C30H37NO2.C29H35NO2/c1-5-25(4)30(32)33-22-10-6-7-11-26-12-8-9-13-29(26)31(27-18-14-23(2)15-19-27)28-20-16-24(3)17-21-28;1-6-29(4,5)28(31)32-21-9-11-24-10-7-8-12-27(24)30(25-17-13-22(2)14-18-25)26-19-15-23(3)16-20-26/h8-9,12-21,25H,5-7,10-11,22H2,1-4H3;7-8,10,12-20H,6,9,11,21H2,1-5H3. The van der Waals surface area contributed by atoms with Gasteiger partial charge in [0.15, 0.2) is 0 Å². The topological polar surface area (TPSA) is 59.1 Å². The fourth-order valence-electron chi connectivity index (χ4n) is 7.35. The highest BCUT2D eigenvalue weighted by molar-refractivity contribution is 5.80. The van der Waals surface area contributed by atoms with Gasteiger partial charge < -0.3 is 19.3 Å². The maximum absolute atomic E-state index is 12.3. The van der Waals surface area contributed by atoms with Crippen molar-refractivity contribution >= 4 is 46.1 Å². The van der Waals surface area contributed by atoms with E-state index >= 15 is 0 Å². The summed E-state index contributed by atoms with van der Waals surface area (Å²) in [6.45, 7) is 19.2. The first-order valence-electron chi connectivity index (χ1n) is 23.7. The number of carbonyl (C=O) groups excluding carboxylic acids is 2. The van der Waals surface area contributed by atoms with Gasteiger partial charge in [0.25, 0.3) is 0 Å². The van der Waals surface area contributed by atoms with E-state index in [-0.39, 0.29) is 17.9 Å². The SMILES string of the molecule is CCC(C)(C)C(=O)OCCCc1ccccc1N(c1ccc(C)cc1)c1ccc(C)cc1.CCC(C)C(=O)OCCCCCc1ccccc1N(c1ccc(C)cc1)c1ccc(C)cc1. The first-order valence-corrected chi connectivity index (χ1v) is 23.7. The van der Waals surface area contributed by atoms with Gasteiger partial charge in [-0.25, -0.2) is 0 Å². The summed E-state index contributed by atoms with van der Waals surface area (Å²) < 4.78 is 11.0. The zero-order chi connectivity index (χ0) is 46.8. The van der Waals surface area contributed by atoms with E-state index in [0.717, 1.165) is 79.8 Å². The van der Waals surface area contributed by atoms with Gasteiger partial charge in [0, 0.05) is 34.1 Å². The molecule has 0 aliphatic rings. The number of hydrogen-bond donors (Lipinski definition) is 0. The Kier molecular flexibility index (Phi) is 19.0. The number of para-hydroxylation sites is 2. The van der Waals surface area contributed by atoms with E-state index in [4.69, 9.17) is 9.47 Å². The van der Waals surface area contributed by atoms with Gasteiger partial charge in [0.05, 0.1) is 24.5 Å². The van der Waals surface area contributed by atoms with Crippen LogP contribution in [0.3, 0.4) is 0 Å². The van der Waals surface area contributed by atoms with Crippen LogP contribution >= 0.6 is 0 Å². The van der Waals surface area contributed by atoms with Crippen molar-refractivity contribution in [1.82, 2.24) is 0 Å². The highest BCUT2D eigenvalue weighted by Gasteiger charge is 2.27. The lowest BCUT2D eigenvalue weighted by atomic mass is 9.91. The number of rotatable bonds is 20. The third-order valence-electron chi connectivity index (χ3n) is 12.2. The van der Waals surface area contributed by atoms with Crippen LogP contribution in [0.1, 0.15) is 107 Å². The Bertz CT molecular complexity index is 2280. The van der Waals surface area contributed by atoms with Crippen molar-refractivity contribution < 1.29 is 19.1 Å². The van der Waals surface area contributed by atoms with E-state index in [0.29, 0.717) is 13.2 Å². The first-order chi connectivity index (χ1) is 31.3. The van der Waals surface area contributed by atoms with Crippen LogP contribution in [-0.2, 0) is 31.9 Å². The number of esters is 2. The summed E-state index contributed by atoms with van der Waals surface area (Å²) in [5, 5.41) is 0. The van der Waals surface area contributed by atoms with Crippen molar-refractivity contribution in [2.45, 2.75) is 114 Å². The second-order valence-electron chi connectivity index (χ2n) is 18.0. The monoisotopic (exact) mass is 873 g/mol. The molecule has 0 saturated carbocycles. The number of nitrogens with zero attached hydrogens (tertiary/aromatic N) is 2. The van der Waals surface area contributed by atoms with E-state index in [2.05, 4.69) is 183 Å². The molecule has 0 amide bonds. The summed E-state index contributed by atoms with van der Waals surface area (Å²) in [5.74, 6) is -0.199. The van der Waals surface area contributed by atoms with Gasteiger partial charge in [-0.05, 0) is 165 Å². The molecule has 0 heterocycles. The zero-order valence-corrected chi connectivity index (χ0v) is 40.5. The Balaban J connectivity index is 0.000000244. The van der Waals surface area contributed by atoms with Crippen molar-refractivity contribution in [2.75, 3.05) is 23.0 Å². The molecule has 1 unspecified atom stereocenters. The molecule has 0 spiro atoms. The molecule has 342 valence electrons. The maximum atomic E-state index is 12.3. The van der Waals surface area contributed by atoms with Crippen molar-refractivity contribution in [3.05, 3.63) is 179 Å². The summed E-state index contributed by atoms with van der Waals surface area (Å²) in [4.78, 5) is 28.8. The Morgan fingerprint density at radius 1 is 0.492 bits per heavy atom. The van der Waals surface area contributed by atoms with Crippen LogP contribution in [0.4, 0.5) is 34.1 Å². The molecule has 6 nitrogen and oxygen atoms in total. The second kappa shape index (κ2) is 24.8. The van der Waals surface area contributed by atoms with E-state index in [9.17, 15) is 9.59 Å².